The lowest BCUT2D eigenvalue weighted by Crippen LogP contribution is -2.58. The van der Waals surface area contributed by atoms with Gasteiger partial charge in [-0.1, -0.05) is 98.3 Å². The normalized spacial score (nSPS) is 30.6. The molecular weight excluding hydrogens is 598 g/mol. The van der Waals surface area contributed by atoms with Crippen molar-refractivity contribution in [3.8, 4) is 0 Å². The van der Waals surface area contributed by atoms with Crippen LogP contribution in [0.3, 0.4) is 0 Å². The Morgan fingerprint density at radius 2 is 1.74 bits per heavy atom. The summed E-state index contributed by atoms with van der Waals surface area (Å²) in [5.74, 6) is -3.64. The Labute approximate surface area is 275 Å². The zero-order valence-corrected chi connectivity index (χ0v) is 26.7. The van der Waals surface area contributed by atoms with E-state index in [9.17, 15) is 24.3 Å². The van der Waals surface area contributed by atoms with E-state index in [1.165, 1.54) is 4.90 Å². The van der Waals surface area contributed by atoms with Crippen molar-refractivity contribution in [2.75, 3.05) is 26.2 Å². The lowest BCUT2D eigenvalue weighted by atomic mass is 9.78. The molecule has 2 aromatic carbocycles. The van der Waals surface area contributed by atoms with Crippen LogP contribution in [0.1, 0.15) is 49.8 Å². The number of likely N-dealkylation sites (tertiary alicyclic amines) is 1. The number of allylic oxidation sites excluding steroid dienone is 1. The number of hydrogen-bond acceptors (Lipinski definition) is 7. The average Bonchev–Trinajstić information content (AvgIpc) is 3.48. The standard InChI is InChI=1S/C37H43N3O7/c1-2-3-20-39-21-12-19-37-32(34(43)40(33(37)35(39)44)27(24-41)22-25-13-6-4-7-14-25)31-28(47-37)17-10-11-18-30(42)38-23-29(46-36(31)45)26-15-8-5-9-16-26/h4-10,12-17,19,27-29,31-33,41H,2-3,11,18,20-24H2,1H3,(H,38,42)/b17-10-/t27-,28+,29-,31-,32-,33+,37-/m1/s1. The second-order valence-corrected chi connectivity index (χ2v) is 12.8. The van der Waals surface area contributed by atoms with Gasteiger partial charge in [0.15, 0.2) is 0 Å². The molecule has 6 rings (SSSR count). The van der Waals surface area contributed by atoms with Gasteiger partial charge in [0.1, 0.15) is 23.7 Å². The number of aliphatic hydroxyl groups excluding tert-OH is 1. The minimum Gasteiger partial charge on any atom is -0.455 e. The van der Waals surface area contributed by atoms with Crippen LogP contribution >= 0.6 is 0 Å². The molecule has 4 aliphatic rings. The van der Waals surface area contributed by atoms with Gasteiger partial charge in [0.25, 0.3) is 0 Å². The lowest BCUT2D eigenvalue weighted by molar-refractivity contribution is -0.160. The van der Waals surface area contributed by atoms with Crippen molar-refractivity contribution in [1.29, 1.82) is 0 Å². The van der Waals surface area contributed by atoms with Crippen LogP contribution in [0, 0.1) is 11.8 Å². The van der Waals surface area contributed by atoms with Gasteiger partial charge in [-0.05, 0) is 30.4 Å². The molecule has 2 saturated heterocycles. The highest BCUT2D eigenvalue weighted by Gasteiger charge is 2.72. The van der Waals surface area contributed by atoms with E-state index < -0.39 is 53.6 Å². The topological polar surface area (TPSA) is 125 Å². The van der Waals surface area contributed by atoms with Crippen LogP contribution in [0.25, 0.3) is 0 Å². The zero-order chi connectivity index (χ0) is 33.0. The van der Waals surface area contributed by atoms with E-state index in [4.69, 9.17) is 9.47 Å². The summed E-state index contributed by atoms with van der Waals surface area (Å²) in [6, 6.07) is 16.9. The van der Waals surface area contributed by atoms with E-state index in [1.54, 1.807) is 23.1 Å². The van der Waals surface area contributed by atoms with Gasteiger partial charge in [0.05, 0.1) is 31.2 Å². The minimum absolute atomic E-state index is 0.0729. The van der Waals surface area contributed by atoms with Crippen molar-refractivity contribution in [3.05, 3.63) is 96.1 Å². The Morgan fingerprint density at radius 1 is 1.00 bits per heavy atom. The number of unbranched alkanes of at least 4 members (excludes halogenated alkanes) is 1. The number of carbonyl (C=O) groups is 4. The fraction of sp³-hybridized carbons (Fsp3) is 0.459. The number of nitrogens with one attached hydrogen (secondary N) is 1. The highest BCUT2D eigenvalue weighted by molar-refractivity contribution is 5.99. The molecule has 1 spiro atoms. The third kappa shape index (κ3) is 6.36. The van der Waals surface area contributed by atoms with Crippen molar-refractivity contribution in [2.45, 2.75) is 68.9 Å². The first-order valence-corrected chi connectivity index (χ1v) is 16.7. The van der Waals surface area contributed by atoms with Crippen LogP contribution in [0.5, 0.6) is 0 Å². The maximum absolute atomic E-state index is 14.8. The summed E-state index contributed by atoms with van der Waals surface area (Å²) in [6.07, 6.45) is 8.15. The monoisotopic (exact) mass is 641 g/mol. The quantitative estimate of drug-likeness (QED) is 0.335. The van der Waals surface area contributed by atoms with Crippen LogP contribution < -0.4 is 5.32 Å². The highest BCUT2D eigenvalue weighted by Crippen LogP contribution is 2.54. The molecule has 4 heterocycles. The Morgan fingerprint density at radius 3 is 2.47 bits per heavy atom. The van der Waals surface area contributed by atoms with E-state index >= 15 is 0 Å². The Kier molecular flexibility index (Phi) is 9.89. The van der Waals surface area contributed by atoms with E-state index in [1.807, 2.05) is 66.7 Å². The number of cyclic esters (lactones) is 1. The van der Waals surface area contributed by atoms with Gasteiger partial charge < -0.3 is 29.7 Å². The Balaban J connectivity index is 1.43. The van der Waals surface area contributed by atoms with Gasteiger partial charge in [-0.25, -0.2) is 0 Å². The second kappa shape index (κ2) is 14.2. The number of benzene rings is 2. The summed E-state index contributed by atoms with van der Waals surface area (Å²) in [6.45, 7) is 2.61. The molecule has 2 fully saturated rings. The largest absolute Gasteiger partial charge is 0.455 e. The van der Waals surface area contributed by atoms with Crippen molar-refractivity contribution >= 4 is 23.7 Å². The molecule has 10 nitrogen and oxygen atoms in total. The lowest BCUT2D eigenvalue weighted by Gasteiger charge is -2.38. The third-order valence-electron chi connectivity index (χ3n) is 9.77. The summed E-state index contributed by atoms with van der Waals surface area (Å²) in [7, 11) is 0. The first-order chi connectivity index (χ1) is 22.9. The molecule has 0 aliphatic carbocycles. The number of hydrogen-bond donors (Lipinski definition) is 2. The number of amides is 3. The summed E-state index contributed by atoms with van der Waals surface area (Å²) in [5, 5.41) is 13.6. The van der Waals surface area contributed by atoms with Gasteiger partial charge in [-0.2, -0.15) is 0 Å². The molecule has 10 heteroatoms. The number of nitrogens with zero attached hydrogens (tertiary/aromatic N) is 2. The van der Waals surface area contributed by atoms with Crippen LogP contribution in [-0.4, -0.2) is 88.6 Å². The fourth-order valence-corrected chi connectivity index (χ4v) is 7.47. The second-order valence-electron chi connectivity index (χ2n) is 12.8. The van der Waals surface area contributed by atoms with Crippen molar-refractivity contribution in [3.63, 3.8) is 0 Å². The predicted molar refractivity (Wildman–Crippen MR) is 174 cm³/mol. The predicted octanol–water partition coefficient (Wildman–Crippen LogP) is 3.12. The summed E-state index contributed by atoms with van der Waals surface area (Å²) in [4.78, 5) is 59.5. The molecule has 0 saturated carbocycles. The molecule has 248 valence electrons. The number of aliphatic hydroxyl groups is 1. The fourth-order valence-electron chi connectivity index (χ4n) is 7.47. The molecule has 0 radical (unpaired) electrons. The molecular formula is C37H43N3O7. The zero-order valence-electron chi connectivity index (χ0n) is 26.7. The maximum Gasteiger partial charge on any atom is 0.313 e. The van der Waals surface area contributed by atoms with Crippen molar-refractivity contribution < 1.29 is 33.8 Å². The number of esters is 1. The van der Waals surface area contributed by atoms with Crippen LogP contribution in [0.2, 0.25) is 0 Å². The molecule has 0 unspecified atom stereocenters. The molecule has 4 aliphatic heterocycles. The van der Waals surface area contributed by atoms with Gasteiger partial charge in [-0.3, -0.25) is 19.2 Å². The molecule has 0 aromatic heterocycles. The molecule has 2 aromatic rings. The smallest absolute Gasteiger partial charge is 0.313 e. The summed E-state index contributed by atoms with van der Waals surface area (Å²) < 4.78 is 13.0. The number of ether oxygens (including phenoxy) is 2. The van der Waals surface area contributed by atoms with E-state index in [0.717, 1.165) is 18.4 Å². The molecule has 3 amide bonds. The first-order valence-electron chi connectivity index (χ1n) is 16.7. The van der Waals surface area contributed by atoms with Gasteiger partial charge in [0, 0.05) is 19.5 Å². The third-order valence-corrected chi connectivity index (χ3v) is 9.77. The molecule has 47 heavy (non-hydrogen) atoms. The minimum atomic E-state index is -1.46. The SMILES string of the molecule is CCCCN1CC=C[C@@]23O[C@H]4/C=C\CCC(=O)NC[C@H](c5ccccc5)OC(=O)[C@H]4[C@@H]2C(=O)N([C@@H](CO)Cc2ccccc2)[C@H]3C1=O. The van der Waals surface area contributed by atoms with E-state index in [0.29, 0.717) is 31.5 Å². The Bertz CT molecular complexity index is 1510. The van der Waals surface area contributed by atoms with E-state index in [-0.39, 0.29) is 31.4 Å². The van der Waals surface area contributed by atoms with Crippen molar-refractivity contribution in [1.82, 2.24) is 15.1 Å². The van der Waals surface area contributed by atoms with Crippen LogP contribution in [-0.2, 0) is 35.1 Å². The van der Waals surface area contributed by atoms with Gasteiger partial charge in [0.2, 0.25) is 17.7 Å². The molecule has 0 bridgehead atoms. The van der Waals surface area contributed by atoms with Crippen LogP contribution in [0.15, 0.2) is 85.0 Å². The van der Waals surface area contributed by atoms with Crippen LogP contribution in [0.4, 0.5) is 0 Å². The van der Waals surface area contributed by atoms with Crippen molar-refractivity contribution in [2.24, 2.45) is 11.8 Å². The Hall–Kier alpha value is -4.28. The number of carbonyl (C=O) groups excluding carboxylic acids is 4. The molecule has 7 atom stereocenters. The number of fused-ring (bicyclic) bond motifs is 2. The summed E-state index contributed by atoms with van der Waals surface area (Å²) >= 11 is 0. The number of rotatable bonds is 8. The average molecular weight is 642 g/mol. The van der Waals surface area contributed by atoms with Gasteiger partial charge >= 0.3 is 5.97 Å². The van der Waals surface area contributed by atoms with E-state index in [2.05, 4.69) is 12.2 Å². The first kappa shape index (κ1) is 32.7. The summed E-state index contributed by atoms with van der Waals surface area (Å²) in [5.41, 5.74) is 0.148. The van der Waals surface area contributed by atoms with Gasteiger partial charge in [-0.15, -0.1) is 0 Å². The maximum atomic E-state index is 14.8. The highest BCUT2D eigenvalue weighted by atomic mass is 16.6. The molecule has 2 N–H and O–H groups in total.